The van der Waals surface area contributed by atoms with Crippen molar-refractivity contribution < 1.29 is 4.74 Å². The van der Waals surface area contributed by atoms with Gasteiger partial charge in [-0.15, -0.1) is 0 Å². The van der Waals surface area contributed by atoms with Crippen molar-refractivity contribution in [1.82, 2.24) is 18.7 Å². The van der Waals surface area contributed by atoms with Gasteiger partial charge < -0.3 is 4.74 Å². The van der Waals surface area contributed by atoms with E-state index in [1.165, 1.54) is 94.2 Å². The van der Waals surface area contributed by atoms with Crippen molar-refractivity contribution in [3.05, 3.63) is 143 Å². The van der Waals surface area contributed by atoms with Gasteiger partial charge in [0.2, 0.25) is 11.4 Å². The van der Waals surface area contributed by atoms with E-state index in [-0.39, 0.29) is 27.1 Å². The van der Waals surface area contributed by atoms with Crippen LogP contribution in [0.25, 0.3) is 27.6 Å². The van der Waals surface area contributed by atoms with Crippen LogP contribution in [0.1, 0.15) is 149 Å². The van der Waals surface area contributed by atoms with Crippen molar-refractivity contribution in [2.45, 2.75) is 149 Å². The van der Waals surface area contributed by atoms with E-state index in [0.717, 1.165) is 51.8 Å². The molecule has 0 amide bonds. The Kier molecular flexibility index (Phi) is 9.88. The van der Waals surface area contributed by atoms with Gasteiger partial charge in [0.25, 0.3) is 5.69 Å². The minimum atomic E-state index is -0.0148. The van der Waals surface area contributed by atoms with Crippen molar-refractivity contribution in [2.75, 3.05) is 0 Å². The highest BCUT2D eigenvalue weighted by atomic mass is 16.5. The Hall–Kier alpha value is -5.77. The summed E-state index contributed by atoms with van der Waals surface area (Å²) in [4.78, 5) is 4.98. The summed E-state index contributed by atoms with van der Waals surface area (Å²) in [6, 6.07) is 44.9. The average Bonchev–Trinajstić information content (AvgIpc) is 3.81. The van der Waals surface area contributed by atoms with Gasteiger partial charge in [-0.05, 0) is 152 Å². The molecule has 0 atom stereocenters. The van der Waals surface area contributed by atoms with Crippen molar-refractivity contribution >= 4 is 50.6 Å². The van der Waals surface area contributed by atoms with Gasteiger partial charge in [0.15, 0.2) is 0 Å². The summed E-state index contributed by atoms with van der Waals surface area (Å²) in [5.41, 5.74) is 13.9. The van der Waals surface area contributed by atoms with E-state index in [0.29, 0.717) is 0 Å². The number of rotatable bonds is 6. The predicted octanol–water partition coefficient (Wildman–Crippen LogP) is 16.5. The van der Waals surface area contributed by atoms with E-state index >= 15 is 0 Å². The lowest BCUT2D eigenvalue weighted by molar-refractivity contribution is -0.00500. The number of hydrogen-bond acceptors (Lipinski definition) is 2. The van der Waals surface area contributed by atoms with E-state index in [1.807, 2.05) is 6.20 Å². The number of fused-ring (bicyclic) bond motifs is 4. The molecule has 2 aromatic heterocycles. The van der Waals surface area contributed by atoms with Crippen LogP contribution in [0.3, 0.4) is 0 Å². The SMILES string of the molecule is CC(C)(C)c1cc([N+]2=C=[N+](c3cccc(Oc4ccc5c6cc(C(C)(C)C)ccc6n(-c6cc(C(C)(C)C)ccn6)c5c4)c3)c3cccc(C45CC6CC(CC(C6)C4)C5)c32)cc(C(C)(C)C)c1. The maximum Gasteiger partial charge on any atom is 0.503 e. The minimum Gasteiger partial charge on any atom is -0.457 e. The van der Waals surface area contributed by atoms with Gasteiger partial charge in [-0.2, -0.15) is 0 Å². The van der Waals surface area contributed by atoms with Crippen LogP contribution in [0.5, 0.6) is 11.5 Å². The zero-order valence-electron chi connectivity index (χ0n) is 42.1. The zero-order chi connectivity index (χ0) is 47.0. The summed E-state index contributed by atoms with van der Waals surface area (Å²) in [5.74, 6) is 5.01. The first-order chi connectivity index (χ1) is 31.6. The number of aromatic nitrogens is 2. The third kappa shape index (κ3) is 7.66. The Labute approximate surface area is 399 Å². The Morgan fingerprint density at radius 1 is 0.537 bits per heavy atom. The molecule has 0 unspecified atom stereocenters. The van der Waals surface area contributed by atoms with Gasteiger partial charge >= 0.3 is 11.7 Å². The molecule has 5 nitrogen and oxygen atoms in total. The Balaban J connectivity index is 1.05. The molecule has 5 aromatic carbocycles. The highest BCUT2D eigenvalue weighted by Crippen LogP contribution is 2.63. The fraction of sp³-hybridized carbons (Fsp3) is 0.419. The van der Waals surface area contributed by atoms with Crippen LogP contribution in [0.4, 0.5) is 22.7 Å². The molecule has 0 N–H and O–H groups in total. The second-order valence-corrected chi connectivity index (χ2v) is 25.2. The molecule has 0 spiro atoms. The third-order valence-corrected chi connectivity index (χ3v) is 16.0. The summed E-state index contributed by atoms with van der Waals surface area (Å²) in [6.07, 6.45) is 10.1. The highest BCUT2D eigenvalue weighted by molar-refractivity contribution is 6.10. The van der Waals surface area contributed by atoms with E-state index in [1.54, 1.807) is 0 Å². The first-order valence-electron chi connectivity index (χ1n) is 25.1. The fourth-order valence-corrected chi connectivity index (χ4v) is 12.6. The summed E-state index contributed by atoms with van der Waals surface area (Å²) in [5, 5.41) is 2.40. The van der Waals surface area contributed by atoms with Crippen LogP contribution in [0, 0.1) is 17.8 Å². The second-order valence-electron chi connectivity index (χ2n) is 25.2. The number of para-hydroxylation sites is 1. The van der Waals surface area contributed by atoms with E-state index in [9.17, 15) is 0 Å². The van der Waals surface area contributed by atoms with Crippen molar-refractivity contribution in [2.24, 2.45) is 17.8 Å². The summed E-state index contributed by atoms with van der Waals surface area (Å²) in [6.45, 7) is 27.7. The summed E-state index contributed by atoms with van der Waals surface area (Å²) in [7, 11) is 0. The maximum atomic E-state index is 6.92. The van der Waals surface area contributed by atoms with E-state index in [2.05, 4.69) is 212 Å². The van der Waals surface area contributed by atoms with Gasteiger partial charge in [0.05, 0.1) is 17.1 Å². The molecule has 0 saturated heterocycles. The van der Waals surface area contributed by atoms with Gasteiger partial charge in [-0.1, -0.05) is 113 Å². The molecule has 67 heavy (non-hydrogen) atoms. The molecule has 4 saturated carbocycles. The van der Waals surface area contributed by atoms with Crippen molar-refractivity contribution in [3.63, 3.8) is 0 Å². The predicted molar refractivity (Wildman–Crippen MR) is 281 cm³/mol. The van der Waals surface area contributed by atoms with E-state index in [4.69, 9.17) is 9.72 Å². The largest absolute Gasteiger partial charge is 0.503 e. The first-order valence-corrected chi connectivity index (χ1v) is 25.1. The number of benzene rings is 5. The topological polar surface area (TPSA) is 33.1 Å². The lowest BCUT2D eigenvalue weighted by Crippen LogP contribution is -2.48. The number of hydrogen-bond donors (Lipinski definition) is 0. The van der Waals surface area contributed by atoms with Crippen molar-refractivity contribution in [1.29, 1.82) is 0 Å². The van der Waals surface area contributed by atoms with Crippen LogP contribution in [0.2, 0.25) is 0 Å². The molecule has 4 bridgehead atoms. The van der Waals surface area contributed by atoms with Gasteiger partial charge in [0.1, 0.15) is 17.3 Å². The van der Waals surface area contributed by atoms with Crippen LogP contribution >= 0.6 is 0 Å². The highest BCUT2D eigenvalue weighted by Gasteiger charge is 2.55. The fourth-order valence-electron chi connectivity index (χ4n) is 12.6. The number of nitrogens with zero attached hydrogens (tertiary/aromatic N) is 4. The number of pyridine rings is 1. The average molecular weight is 887 g/mol. The maximum absolute atomic E-state index is 6.92. The van der Waals surface area contributed by atoms with E-state index < -0.39 is 0 Å². The molecule has 3 heterocycles. The third-order valence-electron chi connectivity index (χ3n) is 16.0. The lowest BCUT2D eigenvalue weighted by Gasteiger charge is -2.56. The molecule has 0 radical (unpaired) electrons. The van der Waals surface area contributed by atoms with Gasteiger partial charge in [0, 0.05) is 58.3 Å². The molecule has 7 aromatic rings. The summed E-state index contributed by atoms with van der Waals surface area (Å²) < 4.78 is 14.0. The molecular weight excluding hydrogens is 817 g/mol. The molecule has 5 aliphatic rings. The summed E-state index contributed by atoms with van der Waals surface area (Å²) >= 11 is 0. The molecule has 4 aliphatic carbocycles. The molecule has 342 valence electrons. The molecule has 4 fully saturated rings. The standard InChI is InChI=1S/C62H70N4O/c1-58(2,3)42-19-22-53-51(31-42)50-21-20-49(34-55(50)66(53)56-32-43(23-24-63-56)59(4,5)6)67-48-16-13-15-46(33-48)64-38-65(47-29-44(60(7,8)9)28-45(30-47)61(10,11)12)57-52(17-14-18-54(57)64)62-35-39-25-40(36-62)27-41(26-39)37-62/h13-24,28-34,39-41H,25-27,35-37H2,1-12H3/q+2. The quantitative estimate of drug-likeness (QED) is 0.156. The van der Waals surface area contributed by atoms with Crippen LogP contribution in [-0.2, 0) is 27.1 Å². The van der Waals surface area contributed by atoms with Crippen molar-refractivity contribution in [3.8, 4) is 17.3 Å². The monoisotopic (exact) mass is 887 g/mol. The Morgan fingerprint density at radius 2 is 1.15 bits per heavy atom. The molecular formula is C62H70N4O+2. The minimum absolute atomic E-state index is 0.0108. The Bertz CT molecular complexity index is 3150. The van der Waals surface area contributed by atoms with Crippen LogP contribution in [0.15, 0.2) is 115 Å². The van der Waals surface area contributed by atoms with Gasteiger partial charge in [-0.25, -0.2) is 4.98 Å². The first kappa shape index (κ1) is 43.8. The van der Waals surface area contributed by atoms with Crippen LogP contribution < -0.4 is 13.9 Å². The smallest absolute Gasteiger partial charge is 0.457 e. The lowest BCUT2D eigenvalue weighted by atomic mass is 9.48. The molecule has 1 aliphatic heterocycles. The normalized spacial score (nSPS) is 21.5. The second kappa shape index (κ2) is 15.1. The molecule has 12 rings (SSSR count). The molecule has 5 heteroatoms. The number of ether oxygens (including phenoxy) is 1. The zero-order valence-corrected chi connectivity index (χ0v) is 42.1. The Morgan fingerprint density at radius 3 is 1.79 bits per heavy atom. The van der Waals surface area contributed by atoms with Gasteiger partial charge in [-0.3, -0.25) is 4.57 Å². The van der Waals surface area contributed by atoms with Crippen LogP contribution in [-0.4, -0.2) is 15.6 Å².